The molecule has 0 bridgehead atoms. The molecule has 1 atom stereocenters. The predicted octanol–water partition coefficient (Wildman–Crippen LogP) is 3.25. The van der Waals surface area contributed by atoms with E-state index in [0.29, 0.717) is 35.2 Å². The summed E-state index contributed by atoms with van der Waals surface area (Å²) < 4.78 is 10.6. The second kappa shape index (κ2) is 6.78. The molecule has 0 aromatic heterocycles. The van der Waals surface area contributed by atoms with Gasteiger partial charge in [-0.05, 0) is 55.8 Å². The number of carbonyl (C=O) groups excluding carboxylic acids is 2. The van der Waals surface area contributed by atoms with Gasteiger partial charge < -0.3 is 19.3 Å². The molecule has 0 unspecified atom stereocenters. The highest BCUT2D eigenvalue weighted by atomic mass is 35.5. The van der Waals surface area contributed by atoms with Gasteiger partial charge in [-0.25, -0.2) is 0 Å². The van der Waals surface area contributed by atoms with Gasteiger partial charge >= 0.3 is 0 Å². The van der Waals surface area contributed by atoms with Gasteiger partial charge in [0.15, 0.2) is 11.5 Å². The molecule has 6 nitrogen and oxygen atoms in total. The third-order valence-corrected chi connectivity index (χ3v) is 5.22. The van der Waals surface area contributed by atoms with Crippen molar-refractivity contribution in [3.8, 4) is 11.5 Å². The van der Waals surface area contributed by atoms with Crippen LogP contribution in [0.4, 0.5) is 5.69 Å². The fourth-order valence-electron chi connectivity index (χ4n) is 3.50. The molecule has 2 aromatic rings. The first-order valence-corrected chi connectivity index (χ1v) is 9.11. The summed E-state index contributed by atoms with van der Waals surface area (Å²) in [6.07, 6.45) is 0. The summed E-state index contributed by atoms with van der Waals surface area (Å²) in [6.45, 7) is 4.71. The summed E-state index contributed by atoms with van der Waals surface area (Å²) >= 11 is 6.02. The van der Waals surface area contributed by atoms with Crippen LogP contribution in [-0.4, -0.2) is 42.6 Å². The number of ether oxygens (including phenoxy) is 2. The molecular formula is C20H19ClN2O4. The smallest absolute Gasteiger partial charge is 0.254 e. The number of rotatable bonds is 2. The molecule has 0 radical (unpaired) electrons. The van der Waals surface area contributed by atoms with Crippen LogP contribution in [0.5, 0.6) is 11.5 Å². The number of hydrogen-bond donors (Lipinski definition) is 0. The lowest BCUT2D eigenvalue weighted by molar-refractivity contribution is -0.124. The van der Waals surface area contributed by atoms with Crippen LogP contribution in [-0.2, 0) is 4.79 Å². The van der Waals surface area contributed by atoms with Crippen molar-refractivity contribution >= 4 is 29.1 Å². The maximum Gasteiger partial charge on any atom is 0.254 e. The Kier molecular flexibility index (Phi) is 4.44. The number of amides is 2. The zero-order valence-corrected chi connectivity index (χ0v) is 15.8. The number of halogens is 1. The Balaban J connectivity index is 1.55. The molecule has 2 amide bonds. The highest BCUT2D eigenvalue weighted by Gasteiger charge is 2.36. The second-order valence-electron chi connectivity index (χ2n) is 6.66. The molecule has 2 aliphatic heterocycles. The number of aryl methyl sites for hydroxylation is 1. The molecule has 1 fully saturated rings. The summed E-state index contributed by atoms with van der Waals surface area (Å²) in [4.78, 5) is 29.2. The quantitative estimate of drug-likeness (QED) is 0.795. The molecule has 2 heterocycles. The lowest BCUT2D eigenvalue weighted by atomic mass is 10.1. The fraction of sp³-hybridized carbons (Fsp3) is 0.300. The average molecular weight is 387 g/mol. The van der Waals surface area contributed by atoms with Crippen molar-refractivity contribution in [3.63, 3.8) is 0 Å². The maximum atomic E-state index is 13.0. The minimum Gasteiger partial charge on any atom is -0.454 e. The van der Waals surface area contributed by atoms with E-state index in [0.717, 1.165) is 11.3 Å². The van der Waals surface area contributed by atoms with Crippen LogP contribution in [0, 0.1) is 6.92 Å². The topological polar surface area (TPSA) is 59.1 Å². The van der Waals surface area contributed by atoms with Crippen molar-refractivity contribution in [2.24, 2.45) is 0 Å². The minimum atomic E-state index is -0.563. The Bertz CT molecular complexity index is 930. The molecule has 2 aromatic carbocycles. The molecule has 0 aliphatic carbocycles. The third kappa shape index (κ3) is 3.10. The van der Waals surface area contributed by atoms with Crippen LogP contribution in [0.1, 0.15) is 22.8 Å². The molecule has 0 spiro atoms. The Morgan fingerprint density at radius 1 is 1.11 bits per heavy atom. The van der Waals surface area contributed by atoms with Gasteiger partial charge in [0.1, 0.15) is 6.04 Å². The van der Waals surface area contributed by atoms with Gasteiger partial charge in [0, 0.05) is 29.4 Å². The number of piperazine rings is 1. The van der Waals surface area contributed by atoms with Crippen LogP contribution < -0.4 is 14.4 Å². The summed E-state index contributed by atoms with van der Waals surface area (Å²) in [5.41, 5.74) is 2.24. The number of fused-ring (bicyclic) bond motifs is 1. The normalized spacial score (nSPS) is 18.8. The molecular weight excluding hydrogens is 368 g/mol. The second-order valence-corrected chi connectivity index (χ2v) is 7.10. The van der Waals surface area contributed by atoms with Crippen molar-refractivity contribution < 1.29 is 19.1 Å². The first kappa shape index (κ1) is 17.7. The van der Waals surface area contributed by atoms with Crippen LogP contribution in [0.2, 0.25) is 5.02 Å². The molecule has 7 heteroatoms. The Labute approximate surface area is 162 Å². The van der Waals surface area contributed by atoms with Gasteiger partial charge in [-0.15, -0.1) is 0 Å². The van der Waals surface area contributed by atoms with Gasteiger partial charge in [-0.3, -0.25) is 9.59 Å². The van der Waals surface area contributed by atoms with Gasteiger partial charge in [0.05, 0.1) is 0 Å². The fourth-order valence-corrected chi connectivity index (χ4v) is 3.73. The molecule has 4 rings (SSSR count). The van der Waals surface area contributed by atoms with Crippen LogP contribution in [0.15, 0.2) is 36.4 Å². The lowest BCUT2D eigenvalue weighted by Crippen LogP contribution is -2.57. The van der Waals surface area contributed by atoms with E-state index < -0.39 is 6.04 Å². The van der Waals surface area contributed by atoms with Crippen LogP contribution in [0.3, 0.4) is 0 Å². The van der Waals surface area contributed by atoms with Crippen molar-refractivity contribution in [3.05, 3.63) is 52.5 Å². The molecule has 0 saturated carbocycles. The molecule has 27 heavy (non-hydrogen) atoms. The Morgan fingerprint density at radius 3 is 2.67 bits per heavy atom. The van der Waals surface area contributed by atoms with Gasteiger partial charge in [-0.2, -0.15) is 0 Å². The number of nitrogens with zero attached hydrogens (tertiary/aromatic N) is 2. The first-order valence-electron chi connectivity index (χ1n) is 8.74. The van der Waals surface area contributed by atoms with Crippen molar-refractivity contribution in [2.75, 3.05) is 24.8 Å². The molecule has 1 saturated heterocycles. The number of benzene rings is 2. The van der Waals surface area contributed by atoms with Gasteiger partial charge in [0.25, 0.3) is 5.91 Å². The average Bonchev–Trinajstić information content (AvgIpc) is 3.12. The Hall–Kier alpha value is -2.73. The van der Waals surface area contributed by atoms with E-state index in [-0.39, 0.29) is 18.6 Å². The number of hydrogen-bond acceptors (Lipinski definition) is 4. The molecule has 0 N–H and O–H groups in total. The molecule has 2 aliphatic rings. The predicted molar refractivity (Wildman–Crippen MR) is 102 cm³/mol. The van der Waals surface area contributed by atoms with Crippen LogP contribution >= 0.6 is 11.6 Å². The van der Waals surface area contributed by atoms with E-state index in [2.05, 4.69) is 0 Å². The summed E-state index contributed by atoms with van der Waals surface area (Å²) in [5.74, 6) is 0.872. The van der Waals surface area contributed by atoms with E-state index in [1.807, 2.05) is 19.1 Å². The molecule has 140 valence electrons. The van der Waals surface area contributed by atoms with E-state index in [1.165, 1.54) is 0 Å². The SMILES string of the molecule is Cc1cc(Cl)ccc1N1CCN(C(=O)c2ccc3c(c2)OCO3)[C@@H](C)C1=O. The van der Waals surface area contributed by atoms with E-state index in [1.54, 1.807) is 41.0 Å². The van der Waals surface area contributed by atoms with Crippen molar-refractivity contribution in [1.29, 1.82) is 0 Å². The first-order chi connectivity index (χ1) is 13.0. The van der Waals surface area contributed by atoms with Crippen LogP contribution in [0.25, 0.3) is 0 Å². The number of carbonyl (C=O) groups is 2. The Morgan fingerprint density at radius 2 is 1.89 bits per heavy atom. The monoisotopic (exact) mass is 386 g/mol. The van der Waals surface area contributed by atoms with Crippen molar-refractivity contribution in [2.45, 2.75) is 19.9 Å². The number of anilines is 1. The lowest BCUT2D eigenvalue weighted by Gasteiger charge is -2.39. The maximum absolute atomic E-state index is 13.0. The largest absolute Gasteiger partial charge is 0.454 e. The standard InChI is InChI=1S/C20H19ClN2O4/c1-12-9-15(21)4-5-16(12)23-8-7-22(13(2)19(23)24)20(25)14-3-6-17-18(10-14)27-11-26-17/h3-6,9-10,13H,7-8,11H2,1-2H3/t13-/m0/s1. The van der Waals surface area contributed by atoms with Crippen molar-refractivity contribution in [1.82, 2.24) is 4.90 Å². The van der Waals surface area contributed by atoms with E-state index >= 15 is 0 Å². The van der Waals surface area contributed by atoms with Gasteiger partial charge in [-0.1, -0.05) is 11.6 Å². The highest BCUT2D eigenvalue weighted by Crippen LogP contribution is 2.33. The summed E-state index contributed by atoms with van der Waals surface area (Å²) in [6, 6.07) is 9.96. The zero-order chi connectivity index (χ0) is 19.1. The summed E-state index contributed by atoms with van der Waals surface area (Å²) in [7, 11) is 0. The highest BCUT2D eigenvalue weighted by molar-refractivity contribution is 6.30. The zero-order valence-electron chi connectivity index (χ0n) is 15.1. The van der Waals surface area contributed by atoms with Gasteiger partial charge in [0.2, 0.25) is 12.7 Å². The van der Waals surface area contributed by atoms with E-state index in [4.69, 9.17) is 21.1 Å². The van der Waals surface area contributed by atoms with E-state index in [9.17, 15) is 9.59 Å². The summed E-state index contributed by atoms with van der Waals surface area (Å²) in [5, 5.41) is 0.633. The third-order valence-electron chi connectivity index (χ3n) is 4.99. The minimum absolute atomic E-state index is 0.110.